The predicted octanol–water partition coefficient (Wildman–Crippen LogP) is 1.90. The lowest BCUT2D eigenvalue weighted by molar-refractivity contribution is 0.608. The molecule has 1 N–H and O–H groups in total. The first-order valence-electron chi connectivity index (χ1n) is 5.06. The first-order valence-corrected chi connectivity index (χ1v) is 5.06. The van der Waals surface area contributed by atoms with Crippen molar-refractivity contribution in [3.63, 3.8) is 0 Å². The first-order chi connectivity index (χ1) is 6.45. The molecule has 0 aromatic heterocycles. The molecule has 0 amide bonds. The van der Waals surface area contributed by atoms with Gasteiger partial charge in [-0.25, -0.2) is 0 Å². The van der Waals surface area contributed by atoms with Crippen LogP contribution in [0.15, 0.2) is 29.3 Å². The highest BCUT2D eigenvalue weighted by molar-refractivity contribution is 5.83. The molecule has 0 radical (unpaired) electrons. The van der Waals surface area contributed by atoms with Gasteiger partial charge in [-0.15, -0.1) is 0 Å². The van der Waals surface area contributed by atoms with Gasteiger partial charge in [0.15, 0.2) is 0 Å². The Bertz CT molecular complexity index is 251. The van der Waals surface area contributed by atoms with Gasteiger partial charge in [-0.2, -0.15) is 0 Å². The van der Waals surface area contributed by atoms with E-state index in [4.69, 9.17) is 0 Å². The largest absolute Gasteiger partial charge is 0.372 e. The molecule has 2 heteroatoms. The molecule has 1 heterocycles. The van der Waals surface area contributed by atoms with Crippen LogP contribution < -0.4 is 5.32 Å². The maximum Gasteiger partial charge on any atom is 0.0964 e. The van der Waals surface area contributed by atoms with E-state index < -0.39 is 0 Å². The molecule has 13 heavy (non-hydrogen) atoms. The van der Waals surface area contributed by atoms with E-state index in [2.05, 4.69) is 34.6 Å². The average Bonchev–Trinajstić information content (AvgIpc) is 2.69. The zero-order valence-electron chi connectivity index (χ0n) is 7.87. The Hall–Kier alpha value is -1.05. The van der Waals surface area contributed by atoms with Gasteiger partial charge in [0, 0.05) is 13.0 Å². The first kappa shape index (κ1) is 8.54. The van der Waals surface area contributed by atoms with Crippen molar-refractivity contribution in [2.24, 2.45) is 10.9 Å². The third-order valence-electron chi connectivity index (χ3n) is 2.56. The van der Waals surface area contributed by atoms with Crippen LogP contribution in [0.4, 0.5) is 0 Å². The smallest absolute Gasteiger partial charge is 0.0964 e. The molecule has 70 valence electrons. The Morgan fingerprint density at radius 3 is 3.15 bits per heavy atom. The summed E-state index contributed by atoms with van der Waals surface area (Å²) in [5.74, 6) is 1.94. The second kappa shape index (κ2) is 4.26. The minimum atomic E-state index is 0.732. The molecule has 0 fully saturated rings. The van der Waals surface area contributed by atoms with Gasteiger partial charge in [0.25, 0.3) is 0 Å². The third-order valence-corrected chi connectivity index (χ3v) is 2.56. The van der Waals surface area contributed by atoms with E-state index in [0.29, 0.717) is 0 Å². The van der Waals surface area contributed by atoms with Crippen LogP contribution >= 0.6 is 0 Å². The summed E-state index contributed by atoms with van der Waals surface area (Å²) in [6.45, 7) is 2.01. The summed E-state index contributed by atoms with van der Waals surface area (Å²) >= 11 is 0. The zero-order chi connectivity index (χ0) is 8.93. The molecule has 2 aliphatic rings. The van der Waals surface area contributed by atoms with Crippen LogP contribution in [-0.4, -0.2) is 18.9 Å². The van der Waals surface area contributed by atoms with Crippen LogP contribution in [-0.2, 0) is 0 Å². The fourth-order valence-corrected chi connectivity index (χ4v) is 1.78. The fraction of sp³-hybridized carbons (Fsp3) is 0.545. The van der Waals surface area contributed by atoms with Gasteiger partial charge in [-0.3, -0.25) is 4.99 Å². The van der Waals surface area contributed by atoms with E-state index in [0.717, 1.165) is 25.4 Å². The lowest BCUT2D eigenvalue weighted by Gasteiger charge is -2.12. The fourth-order valence-electron chi connectivity index (χ4n) is 1.78. The minimum absolute atomic E-state index is 0.732. The molecule has 0 aromatic carbocycles. The quantitative estimate of drug-likeness (QED) is 0.698. The number of hydrogen-bond acceptors (Lipinski definition) is 2. The van der Waals surface area contributed by atoms with Crippen LogP contribution in [0.3, 0.4) is 0 Å². The van der Waals surface area contributed by atoms with Crippen LogP contribution in [0.25, 0.3) is 0 Å². The molecular weight excluding hydrogens is 160 g/mol. The number of rotatable bonds is 3. The average molecular weight is 176 g/mol. The molecule has 0 spiro atoms. The Balaban J connectivity index is 1.73. The Morgan fingerprint density at radius 1 is 1.46 bits per heavy atom. The van der Waals surface area contributed by atoms with E-state index in [9.17, 15) is 0 Å². The van der Waals surface area contributed by atoms with Gasteiger partial charge in [-0.05, 0) is 18.8 Å². The van der Waals surface area contributed by atoms with E-state index in [-0.39, 0.29) is 0 Å². The normalized spacial score (nSPS) is 25.8. The van der Waals surface area contributed by atoms with Gasteiger partial charge < -0.3 is 5.32 Å². The second-order valence-electron chi connectivity index (χ2n) is 3.60. The molecule has 0 bridgehead atoms. The lowest BCUT2D eigenvalue weighted by Crippen LogP contribution is -2.19. The van der Waals surface area contributed by atoms with Crippen molar-refractivity contribution in [1.29, 1.82) is 0 Å². The molecule has 2 rings (SSSR count). The highest BCUT2D eigenvalue weighted by Crippen LogP contribution is 2.17. The monoisotopic (exact) mass is 176 g/mol. The van der Waals surface area contributed by atoms with Crippen LogP contribution in [0.1, 0.15) is 19.3 Å². The molecule has 1 aliphatic carbocycles. The predicted molar refractivity (Wildman–Crippen MR) is 55.9 cm³/mol. The summed E-state index contributed by atoms with van der Waals surface area (Å²) in [4.78, 5) is 4.38. The van der Waals surface area contributed by atoms with Crippen molar-refractivity contribution in [3.05, 3.63) is 24.3 Å². The summed E-state index contributed by atoms with van der Waals surface area (Å²) in [6, 6.07) is 0. The van der Waals surface area contributed by atoms with Crippen molar-refractivity contribution in [2.45, 2.75) is 19.3 Å². The van der Waals surface area contributed by atoms with Crippen molar-refractivity contribution in [1.82, 2.24) is 5.32 Å². The van der Waals surface area contributed by atoms with E-state index in [1.54, 1.807) is 0 Å². The Morgan fingerprint density at radius 2 is 2.46 bits per heavy atom. The summed E-state index contributed by atoms with van der Waals surface area (Å²) in [5, 5.41) is 3.30. The van der Waals surface area contributed by atoms with Gasteiger partial charge in [0.1, 0.15) is 0 Å². The summed E-state index contributed by atoms with van der Waals surface area (Å²) in [6.07, 6.45) is 12.4. The SMILES string of the molecule is C1=CCC(CCC2=NCCN2)C=C1. The minimum Gasteiger partial charge on any atom is -0.372 e. The molecule has 0 saturated heterocycles. The van der Waals surface area contributed by atoms with Gasteiger partial charge in [0.05, 0.1) is 12.4 Å². The van der Waals surface area contributed by atoms with Crippen LogP contribution in [0, 0.1) is 5.92 Å². The maximum atomic E-state index is 4.38. The van der Waals surface area contributed by atoms with Crippen molar-refractivity contribution < 1.29 is 0 Å². The number of nitrogens with zero attached hydrogens (tertiary/aromatic N) is 1. The van der Waals surface area contributed by atoms with Gasteiger partial charge in [0.2, 0.25) is 0 Å². The Kier molecular flexibility index (Phi) is 2.80. The lowest BCUT2D eigenvalue weighted by atomic mass is 9.95. The molecule has 1 atom stereocenters. The summed E-state index contributed by atoms with van der Waals surface area (Å²) in [5.41, 5.74) is 0. The molecule has 0 aromatic rings. The molecule has 1 aliphatic heterocycles. The van der Waals surface area contributed by atoms with E-state index in [1.807, 2.05) is 0 Å². The number of aliphatic imine (C=N–C) groups is 1. The third kappa shape index (κ3) is 2.44. The molecular formula is C11H16N2. The standard InChI is InChI=1S/C11H16N2/c1-2-4-10(5-3-1)6-7-11-12-8-9-13-11/h1-4,10H,5-9H2,(H,12,13). The number of nitrogens with one attached hydrogen (secondary N) is 1. The summed E-state index contributed by atoms with van der Waals surface area (Å²) in [7, 11) is 0. The zero-order valence-corrected chi connectivity index (χ0v) is 7.87. The number of hydrogen-bond donors (Lipinski definition) is 1. The maximum absolute atomic E-state index is 4.38. The highest BCUT2D eigenvalue weighted by atomic mass is 15.1. The van der Waals surface area contributed by atoms with E-state index in [1.165, 1.54) is 18.7 Å². The second-order valence-corrected chi connectivity index (χ2v) is 3.60. The van der Waals surface area contributed by atoms with Crippen molar-refractivity contribution in [2.75, 3.05) is 13.1 Å². The summed E-state index contributed by atoms with van der Waals surface area (Å²) < 4.78 is 0. The van der Waals surface area contributed by atoms with Gasteiger partial charge >= 0.3 is 0 Å². The number of allylic oxidation sites excluding steroid dienone is 4. The van der Waals surface area contributed by atoms with Gasteiger partial charge in [-0.1, -0.05) is 24.3 Å². The van der Waals surface area contributed by atoms with Crippen LogP contribution in [0.2, 0.25) is 0 Å². The molecule has 1 unspecified atom stereocenters. The highest BCUT2D eigenvalue weighted by Gasteiger charge is 2.09. The Labute approximate surface area is 79.4 Å². The van der Waals surface area contributed by atoms with E-state index >= 15 is 0 Å². The van der Waals surface area contributed by atoms with Crippen molar-refractivity contribution >= 4 is 5.84 Å². The van der Waals surface area contributed by atoms with Crippen LogP contribution in [0.5, 0.6) is 0 Å². The van der Waals surface area contributed by atoms with Crippen molar-refractivity contribution in [3.8, 4) is 0 Å². The molecule has 0 saturated carbocycles. The molecule has 2 nitrogen and oxygen atoms in total. The topological polar surface area (TPSA) is 24.4 Å². The number of amidine groups is 1.